The van der Waals surface area contributed by atoms with Gasteiger partial charge in [0, 0.05) is 0 Å². The Labute approximate surface area is 170 Å². The van der Waals surface area contributed by atoms with Gasteiger partial charge in [0.2, 0.25) is 0 Å². The van der Waals surface area contributed by atoms with E-state index in [-0.39, 0.29) is 5.60 Å². The summed E-state index contributed by atoms with van der Waals surface area (Å²) >= 11 is -2.65. The molecule has 0 bridgehead atoms. The Bertz CT molecular complexity index is 590. The van der Waals surface area contributed by atoms with Crippen molar-refractivity contribution in [1.29, 1.82) is 0 Å². The van der Waals surface area contributed by atoms with E-state index >= 15 is 0 Å². The van der Waals surface area contributed by atoms with Crippen LogP contribution < -0.4 is 0 Å². The molecule has 0 amide bonds. The third-order valence-electron chi connectivity index (χ3n) is 4.89. The van der Waals surface area contributed by atoms with E-state index in [4.69, 9.17) is 3.76 Å². The summed E-state index contributed by atoms with van der Waals surface area (Å²) < 4.78 is 8.58. The van der Waals surface area contributed by atoms with Gasteiger partial charge in [-0.3, -0.25) is 0 Å². The minimum atomic E-state index is -1.71. The molecule has 26 heavy (non-hydrogen) atoms. The van der Waals surface area contributed by atoms with Crippen molar-refractivity contribution >= 4 is 29.0 Å². The quantitative estimate of drug-likeness (QED) is 0.361. The molecule has 0 heterocycles. The topological polar surface area (TPSA) is 9.23 Å². The molecule has 0 N–H and O–H groups in total. The molecule has 0 saturated carbocycles. The summed E-state index contributed by atoms with van der Waals surface area (Å²) in [5, 5.41) is 1.32. The van der Waals surface area contributed by atoms with Crippen LogP contribution in [0.4, 0.5) is 0 Å². The van der Waals surface area contributed by atoms with Crippen LogP contribution in [0.25, 0.3) is 0 Å². The second kappa shape index (κ2) is 10.1. The van der Waals surface area contributed by atoms with E-state index in [2.05, 4.69) is 99.9 Å². The van der Waals surface area contributed by atoms with Crippen LogP contribution in [0.3, 0.4) is 0 Å². The molecule has 1 nitrogen and oxygen atoms in total. The Morgan fingerprint density at radius 1 is 0.769 bits per heavy atom. The number of rotatable bonds is 9. The Kier molecular flexibility index (Phi) is 8.50. The first-order valence-electron chi connectivity index (χ1n) is 9.82. The predicted octanol–water partition coefficient (Wildman–Crippen LogP) is 6.90. The van der Waals surface area contributed by atoms with Crippen LogP contribution in [0.2, 0.25) is 26.3 Å². The van der Waals surface area contributed by atoms with Crippen molar-refractivity contribution in [2.45, 2.75) is 66.0 Å². The fraction of sp³-hybridized carbons (Fsp3) is 0.478. The zero-order chi connectivity index (χ0) is 19.2. The van der Waals surface area contributed by atoms with Crippen LogP contribution in [-0.2, 0) is 9.36 Å². The standard InChI is InChI=1S/C23H34Ge2O/c1-19(2)25(20(3)4)26-23(17-18-24(5)6,21-13-9-7-10-14-21)22-15-11-8-12-16-22/h7-16,19-20H,17-18H2,1-6H3. The van der Waals surface area contributed by atoms with Crippen LogP contribution in [-0.4, -0.2) is 29.0 Å². The van der Waals surface area contributed by atoms with Gasteiger partial charge < -0.3 is 0 Å². The van der Waals surface area contributed by atoms with Gasteiger partial charge in [-0.15, -0.1) is 0 Å². The number of benzene rings is 2. The normalized spacial score (nSPS) is 12.5. The summed E-state index contributed by atoms with van der Waals surface area (Å²) in [5.41, 5.74) is 2.38. The van der Waals surface area contributed by atoms with Gasteiger partial charge in [0.05, 0.1) is 0 Å². The minimum absolute atomic E-state index is 0.281. The Balaban J connectivity index is 2.59. The summed E-state index contributed by atoms with van der Waals surface area (Å²) in [5.74, 6) is 4.95. The van der Waals surface area contributed by atoms with E-state index in [0.29, 0.717) is 9.50 Å². The van der Waals surface area contributed by atoms with Crippen LogP contribution >= 0.6 is 0 Å². The second-order valence-corrected chi connectivity index (χ2v) is 21.2. The summed E-state index contributed by atoms with van der Waals surface area (Å²) in [4.78, 5) is 0. The maximum absolute atomic E-state index is 7.28. The molecule has 0 aromatic heterocycles. The van der Waals surface area contributed by atoms with Crippen LogP contribution in [0.1, 0.15) is 45.2 Å². The zero-order valence-electron chi connectivity index (χ0n) is 17.3. The molecule has 0 fully saturated rings. The molecule has 3 heteroatoms. The van der Waals surface area contributed by atoms with Crippen molar-refractivity contribution in [1.82, 2.24) is 0 Å². The van der Waals surface area contributed by atoms with Crippen LogP contribution in [0.15, 0.2) is 60.7 Å². The average molecular weight is 472 g/mol. The first kappa shape index (κ1) is 21.8. The maximum atomic E-state index is 7.28. The van der Waals surface area contributed by atoms with Gasteiger partial charge in [0.1, 0.15) is 0 Å². The fourth-order valence-corrected chi connectivity index (χ4v) is 10.7. The molecule has 0 spiro atoms. The van der Waals surface area contributed by atoms with Crippen molar-refractivity contribution in [2.24, 2.45) is 0 Å². The molecule has 0 unspecified atom stereocenters. The van der Waals surface area contributed by atoms with Crippen molar-refractivity contribution in [3.63, 3.8) is 0 Å². The summed E-state index contributed by atoms with van der Waals surface area (Å²) in [7, 11) is 0. The van der Waals surface area contributed by atoms with E-state index < -0.39 is 29.0 Å². The molecule has 0 aliphatic heterocycles. The zero-order valence-corrected chi connectivity index (χ0v) is 21.4. The third kappa shape index (κ3) is 5.50. The molecule has 2 aromatic rings. The van der Waals surface area contributed by atoms with E-state index in [1.54, 1.807) is 0 Å². The van der Waals surface area contributed by atoms with Crippen molar-refractivity contribution in [2.75, 3.05) is 0 Å². The van der Waals surface area contributed by atoms with Gasteiger partial charge in [0.25, 0.3) is 0 Å². The van der Waals surface area contributed by atoms with Crippen molar-refractivity contribution in [3.05, 3.63) is 71.8 Å². The monoisotopic (exact) mass is 474 g/mol. The van der Waals surface area contributed by atoms with E-state index in [9.17, 15) is 0 Å². The van der Waals surface area contributed by atoms with Gasteiger partial charge in [-0.2, -0.15) is 0 Å². The predicted molar refractivity (Wildman–Crippen MR) is 118 cm³/mol. The van der Waals surface area contributed by atoms with Crippen LogP contribution in [0.5, 0.6) is 0 Å². The molecule has 2 radical (unpaired) electrons. The fourth-order valence-electron chi connectivity index (χ4n) is 3.57. The molecule has 140 valence electrons. The molecule has 2 aromatic carbocycles. The van der Waals surface area contributed by atoms with Crippen LogP contribution in [0, 0.1) is 0 Å². The van der Waals surface area contributed by atoms with E-state index in [1.165, 1.54) is 16.4 Å². The third-order valence-corrected chi connectivity index (χ3v) is 13.5. The van der Waals surface area contributed by atoms with Gasteiger partial charge in [0.15, 0.2) is 0 Å². The van der Waals surface area contributed by atoms with Gasteiger partial charge in [-0.1, -0.05) is 0 Å². The first-order valence-corrected chi connectivity index (χ1v) is 18.8. The molecule has 0 saturated heterocycles. The van der Waals surface area contributed by atoms with Gasteiger partial charge in [-0.25, -0.2) is 0 Å². The van der Waals surface area contributed by atoms with Gasteiger partial charge in [-0.05, 0) is 0 Å². The van der Waals surface area contributed by atoms with E-state index in [0.717, 1.165) is 6.42 Å². The number of hydrogen-bond acceptors (Lipinski definition) is 1. The Morgan fingerprint density at radius 2 is 1.19 bits per heavy atom. The SMILES string of the molecule is C[CH](C)[Ge]([O]C(C[CH2][Ge]([CH3])[CH3])(c1ccccc1)c1ccccc1)[CH](C)C. The molecule has 0 aliphatic rings. The first-order chi connectivity index (χ1) is 12.4. The van der Waals surface area contributed by atoms with Crippen molar-refractivity contribution < 1.29 is 3.76 Å². The van der Waals surface area contributed by atoms with Gasteiger partial charge >= 0.3 is 171 Å². The van der Waals surface area contributed by atoms with E-state index in [1.807, 2.05) is 0 Å². The Morgan fingerprint density at radius 3 is 1.54 bits per heavy atom. The second-order valence-electron chi connectivity index (χ2n) is 8.08. The average Bonchev–Trinajstić information content (AvgIpc) is 2.63. The van der Waals surface area contributed by atoms with Crippen molar-refractivity contribution in [3.8, 4) is 0 Å². The molecule has 2 rings (SSSR count). The summed E-state index contributed by atoms with van der Waals surface area (Å²) in [6.45, 7) is 9.42. The summed E-state index contributed by atoms with van der Waals surface area (Å²) in [6, 6.07) is 22.0. The number of hydrogen-bond donors (Lipinski definition) is 0. The molecule has 0 aliphatic carbocycles. The Hall–Kier alpha value is -0.514. The summed E-state index contributed by atoms with van der Waals surface area (Å²) in [6.07, 6.45) is 1.11. The molecule has 0 atom stereocenters. The molecular formula is C23H34Ge2O. The molecular weight excluding hydrogens is 437 g/mol.